The Bertz CT molecular complexity index is 448. The van der Waals surface area contributed by atoms with E-state index in [0.717, 1.165) is 15.9 Å². The molecule has 1 fully saturated rings. The van der Waals surface area contributed by atoms with Crippen molar-refractivity contribution in [2.24, 2.45) is 0 Å². The van der Waals surface area contributed by atoms with Crippen LogP contribution in [0.2, 0.25) is 0 Å². The Labute approximate surface area is 121 Å². The minimum absolute atomic E-state index is 0.172. The predicted octanol–water partition coefficient (Wildman–Crippen LogP) is 1.81. The molecule has 1 N–H and O–H groups in total. The van der Waals surface area contributed by atoms with Gasteiger partial charge in [-0.15, -0.1) is 0 Å². The smallest absolute Gasteiger partial charge is 0.224 e. The van der Waals surface area contributed by atoms with Gasteiger partial charge in [-0.2, -0.15) is 0 Å². The van der Waals surface area contributed by atoms with Gasteiger partial charge in [0.2, 0.25) is 5.91 Å². The van der Waals surface area contributed by atoms with Crippen molar-refractivity contribution < 1.29 is 9.53 Å². The van der Waals surface area contributed by atoms with E-state index in [1.807, 2.05) is 17.9 Å². The van der Waals surface area contributed by atoms with E-state index < -0.39 is 0 Å². The van der Waals surface area contributed by atoms with E-state index in [0.29, 0.717) is 39.3 Å². The second kappa shape index (κ2) is 6.86. The van der Waals surface area contributed by atoms with Crippen molar-refractivity contribution in [1.29, 1.82) is 0 Å². The fourth-order valence-corrected chi connectivity index (χ4v) is 2.43. The van der Waals surface area contributed by atoms with Gasteiger partial charge in [-0.3, -0.25) is 4.79 Å². The van der Waals surface area contributed by atoms with E-state index >= 15 is 0 Å². The Hall–Kier alpha value is -1.14. The fraction of sp³-hybridized carbons (Fsp3) is 0.538. The lowest BCUT2D eigenvalue weighted by atomic mass is 10.3. The molecule has 6 heteroatoms. The number of carbonyl (C=O) groups is 1. The molecule has 5 nitrogen and oxygen atoms in total. The molecule has 0 radical (unpaired) electrons. The average molecular weight is 328 g/mol. The molecule has 0 bridgehead atoms. The van der Waals surface area contributed by atoms with Gasteiger partial charge in [0.05, 0.1) is 13.2 Å². The first-order valence-electron chi connectivity index (χ1n) is 6.38. The summed E-state index contributed by atoms with van der Waals surface area (Å²) < 4.78 is 6.18. The molecule has 0 spiro atoms. The first kappa shape index (κ1) is 14.3. The largest absolute Gasteiger partial charge is 0.378 e. The highest BCUT2D eigenvalue weighted by atomic mass is 79.9. The Morgan fingerprint density at radius 2 is 2.26 bits per heavy atom. The monoisotopic (exact) mass is 327 g/mol. The first-order valence-corrected chi connectivity index (χ1v) is 7.17. The highest BCUT2D eigenvalue weighted by Gasteiger charge is 2.16. The maximum atomic E-state index is 11.9. The topological polar surface area (TPSA) is 54.5 Å². The third-order valence-electron chi connectivity index (χ3n) is 3.04. The van der Waals surface area contributed by atoms with Crippen molar-refractivity contribution in [2.45, 2.75) is 13.3 Å². The van der Waals surface area contributed by atoms with Gasteiger partial charge in [0.1, 0.15) is 5.82 Å². The molecule has 1 amide bonds. The van der Waals surface area contributed by atoms with Crippen molar-refractivity contribution in [2.75, 3.05) is 38.2 Å². The van der Waals surface area contributed by atoms with E-state index in [2.05, 4.69) is 26.2 Å². The van der Waals surface area contributed by atoms with Crippen molar-refractivity contribution in [3.05, 3.63) is 22.3 Å². The number of morpholine rings is 1. The summed E-state index contributed by atoms with van der Waals surface area (Å²) in [7, 11) is 0. The number of hydrogen-bond donors (Lipinski definition) is 1. The Balaban J connectivity index is 1.78. The minimum Gasteiger partial charge on any atom is -0.378 e. The number of anilines is 1. The SMILES string of the molecule is Cc1cc(Br)cnc1NCCC(=O)N1CCOCC1. The quantitative estimate of drug-likeness (QED) is 0.916. The summed E-state index contributed by atoms with van der Waals surface area (Å²) in [6.07, 6.45) is 2.23. The zero-order chi connectivity index (χ0) is 13.7. The molecule has 1 aromatic heterocycles. The lowest BCUT2D eigenvalue weighted by Crippen LogP contribution is -2.41. The van der Waals surface area contributed by atoms with Crippen LogP contribution in [0.1, 0.15) is 12.0 Å². The molecule has 1 saturated heterocycles. The van der Waals surface area contributed by atoms with Crippen LogP contribution in [0.3, 0.4) is 0 Å². The zero-order valence-corrected chi connectivity index (χ0v) is 12.6. The molecule has 2 heterocycles. The van der Waals surface area contributed by atoms with Crippen molar-refractivity contribution >= 4 is 27.7 Å². The van der Waals surface area contributed by atoms with Crippen LogP contribution >= 0.6 is 15.9 Å². The highest BCUT2D eigenvalue weighted by Crippen LogP contribution is 2.16. The Morgan fingerprint density at radius 3 is 2.95 bits per heavy atom. The molecule has 0 atom stereocenters. The lowest BCUT2D eigenvalue weighted by Gasteiger charge is -2.26. The number of hydrogen-bond acceptors (Lipinski definition) is 4. The van der Waals surface area contributed by atoms with Crippen LogP contribution in [-0.2, 0) is 9.53 Å². The molecule has 1 aromatic rings. The summed E-state index contributed by atoms with van der Waals surface area (Å²) in [5.41, 5.74) is 1.06. The van der Waals surface area contributed by atoms with Gasteiger partial charge in [-0.25, -0.2) is 4.98 Å². The number of nitrogens with one attached hydrogen (secondary N) is 1. The van der Waals surface area contributed by atoms with Crippen molar-refractivity contribution in [3.63, 3.8) is 0 Å². The summed E-state index contributed by atoms with van der Waals surface area (Å²) in [6.45, 7) is 5.29. The number of rotatable bonds is 4. The van der Waals surface area contributed by atoms with E-state index in [-0.39, 0.29) is 5.91 Å². The van der Waals surface area contributed by atoms with Crippen LogP contribution in [0.4, 0.5) is 5.82 Å². The molecule has 0 unspecified atom stereocenters. The number of nitrogens with zero attached hydrogens (tertiary/aromatic N) is 2. The summed E-state index contributed by atoms with van der Waals surface area (Å²) >= 11 is 3.38. The van der Waals surface area contributed by atoms with E-state index in [9.17, 15) is 4.79 Å². The molecule has 0 aromatic carbocycles. The number of ether oxygens (including phenoxy) is 1. The summed E-state index contributed by atoms with van der Waals surface area (Å²) in [6, 6.07) is 2.00. The molecule has 104 valence electrons. The maximum absolute atomic E-state index is 11.9. The van der Waals surface area contributed by atoms with Gasteiger partial charge in [0.15, 0.2) is 0 Å². The first-order chi connectivity index (χ1) is 9.16. The van der Waals surface area contributed by atoms with Gasteiger partial charge in [0, 0.05) is 36.7 Å². The minimum atomic E-state index is 0.172. The second-order valence-electron chi connectivity index (χ2n) is 4.49. The number of halogens is 1. The molecular formula is C13H18BrN3O2. The van der Waals surface area contributed by atoms with Crippen LogP contribution in [0.15, 0.2) is 16.7 Å². The van der Waals surface area contributed by atoms with Crippen molar-refractivity contribution in [1.82, 2.24) is 9.88 Å². The number of pyridine rings is 1. The maximum Gasteiger partial charge on any atom is 0.224 e. The molecule has 0 saturated carbocycles. The van der Waals surface area contributed by atoms with E-state index in [1.54, 1.807) is 6.20 Å². The summed E-state index contributed by atoms with van der Waals surface area (Å²) in [5.74, 6) is 1.00. The van der Waals surface area contributed by atoms with Gasteiger partial charge in [-0.1, -0.05) is 0 Å². The van der Waals surface area contributed by atoms with Crippen molar-refractivity contribution in [3.8, 4) is 0 Å². The summed E-state index contributed by atoms with van der Waals surface area (Å²) in [5, 5.41) is 3.20. The van der Waals surface area contributed by atoms with Gasteiger partial charge in [0.25, 0.3) is 0 Å². The van der Waals surface area contributed by atoms with Crippen LogP contribution in [0.25, 0.3) is 0 Å². The average Bonchev–Trinajstić information content (AvgIpc) is 2.42. The zero-order valence-electron chi connectivity index (χ0n) is 11.0. The third kappa shape index (κ3) is 4.18. The Kier molecular flexibility index (Phi) is 5.15. The number of aromatic nitrogens is 1. The number of aryl methyl sites for hydroxylation is 1. The van der Waals surface area contributed by atoms with E-state index in [4.69, 9.17) is 4.74 Å². The van der Waals surface area contributed by atoms with Crippen LogP contribution < -0.4 is 5.32 Å². The van der Waals surface area contributed by atoms with Gasteiger partial charge in [-0.05, 0) is 34.5 Å². The molecule has 0 aliphatic carbocycles. The summed E-state index contributed by atoms with van der Waals surface area (Å²) in [4.78, 5) is 18.1. The second-order valence-corrected chi connectivity index (χ2v) is 5.40. The van der Waals surface area contributed by atoms with Gasteiger partial charge < -0.3 is 15.0 Å². The predicted molar refractivity (Wildman–Crippen MR) is 77.2 cm³/mol. The number of carbonyl (C=O) groups excluding carboxylic acids is 1. The Morgan fingerprint density at radius 1 is 1.53 bits per heavy atom. The van der Waals surface area contributed by atoms with Crippen LogP contribution in [-0.4, -0.2) is 48.6 Å². The molecule has 2 rings (SSSR count). The van der Waals surface area contributed by atoms with Gasteiger partial charge >= 0.3 is 0 Å². The fourth-order valence-electron chi connectivity index (χ4n) is 1.98. The molecule has 1 aliphatic heterocycles. The molecular weight excluding hydrogens is 310 g/mol. The van der Waals surface area contributed by atoms with E-state index in [1.165, 1.54) is 0 Å². The number of amides is 1. The lowest BCUT2D eigenvalue weighted by molar-refractivity contribution is -0.134. The third-order valence-corrected chi connectivity index (χ3v) is 3.47. The molecule has 19 heavy (non-hydrogen) atoms. The van der Waals surface area contributed by atoms with Crippen LogP contribution in [0, 0.1) is 6.92 Å². The normalized spacial score (nSPS) is 15.4. The molecule has 1 aliphatic rings. The standard InChI is InChI=1S/C13H18BrN3O2/c1-10-8-11(14)9-16-13(10)15-3-2-12(18)17-4-6-19-7-5-17/h8-9H,2-7H2,1H3,(H,15,16). The highest BCUT2D eigenvalue weighted by molar-refractivity contribution is 9.10. The van der Waals surface area contributed by atoms with Crippen LogP contribution in [0.5, 0.6) is 0 Å².